The summed E-state index contributed by atoms with van der Waals surface area (Å²) in [6, 6.07) is -1.45. The van der Waals surface area contributed by atoms with Gasteiger partial charge in [-0.3, -0.25) is 9.59 Å². The molecule has 0 heterocycles. The number of unbranched alkanes of at least 4 members (excludes halogenated alkanes) is 1. The van der Waals surface area contributed by atoms with Crippen molar-refractivity contribution in [2.24, 2.45) is 5.73 Å². The Kier molecular flexibility index (Phi) is 10.4. The van der Waals surface area contributed by atoms with Crippen molar-refractivity contribution in [1.29, 1.82) is 0 Å². The van der Waals surface area contributed by atoms with Gasteiger partial charge < -0.3 is 21.1 Å². The zero-order valence-corrected chi connectivity index (χ0v) is 14.4. The summed E-state index contributed by atoms with van der Waals surface area (Å²) < 4.78 is 4.56. The van der Waals surface area contributed by atoms with Crippen molar-refractivity contribution in [2.45, 2.75) is 38.3 Å². The van der Waals surface area contributed by atoms with Crippen molar-refractivity contribution in [3.63, 3.8) is 0 Å². The second kappa shape index (κ2) is 11.2. The molecule has 0 saturated carbocycles. The number of amides is 2. The van der Waals surface area contributed by atoms with Gasteiger partial charge in [0, 0.05) is 6.42 Å². The van der Waals surface area contributed by atoms with E-state index < -0.39 is 31.5 Å². The molecule has 0 aliphatic rings. The Balaban J connectivity index is 4.61. The van der Waals surface area contributed by atoms with Crippen LogP contribution in [-0.4, -0.2) is 62.6 Å². The lowest BCUT2D eigenvalue weighted by molar-refractivity contribution is -0.144. The van der Waals surface area contributed by atoms with Crippen LogP contribution in [0.5, 0.6) is 0 Å². The first-order valence-electron chi connectivity index (χ1n) is 7.21. The Labute approximate surface area is 132 Å². The van der Waals surface area contributed by atoms with Crippen molar-refractivity contribution in [2.75, 3.05) is 26.5 Å². The average Bonchev–Trinajstić information content (AvgIpc) is 2.45. The van der Waals surface area contributed by atoms with E-state index in [4.69, 9.17) is 5.73 Å². The lowest BCUT2D eigenvalue weighted by Gasteiger charge is -2.18. The number of nitrogens with one attached hydrogen (secondary N) is 2. The highest BCUT2D eigenvalue weighted by Gasteiger charge is 2.27. The molecule has 0 aromatic heterocycles. The number of methoxy groups -OCH3 is 1. The van der Waals surface area contributed by atoms with Crippen molar-refractivity contribution in [1.82, 2.24) is 10.6 Å². The number of ether oxygens (including phenoxy) is 1. The van der Waals surface area contributed by atoms with Gasteiger partial charge in [0.05, 0.1) is 27.6 Å². The first-order valence-corrected chi connectivity index (χ1v) is 9.37. The molecule has 0 spiro atoms. The van der Waals surface area contributed by atoms with Gasteiger partial charge in [0.15, 0.2) is 0 Å². The van der Waals surface area contributed by atoms with Gasteiger partial charge in [-0.25, -0.2) is 4.79 Å². The van der Waals surface area contributed by atoms with E-state index in [-0.39, 0.29) is 5.91 Å². The molecule has 22 heavy (non-hydrogen) atoms. The topological polar surface area (TPSA) is 111 Å². The lowest BCUT2D eigenvalue weighted by Crippen LogP contribution is -2.52. The molecule has 3 unspecified atom stereocenters. The maximum absolute atomic E-state index is 12.2. The van der Waals surface area contributed by atoms with Gasteiger partial charge in [0.2, 0.25) is 11.8 Å². The molecule has 0 aromatic carbocycles. The predicted molar refractivity (Wildman–Crippen MR) is 89.3 cm³/mol. The Bertz CT molecular complexity index is 415. The monoisotopic (exact) mass is 332 g/mol. The van der Waals surface area contributed by atoms with Crippen molar-refractivity contribution in [3.8, 4) is 0 Å². The SMILES string of the molecule is C=[P+](C)CC(NC(=O)CCCCN)C(=O)NC(C)C(=O)OC. The number of carbonyl (C=O) groups is 3. The van der Waals surface area contributed by atoms with Crippen LogP contribution in [0, 0.1) is 0 Å². The average molecular weight is 332 g/mol. The quantitative estimate of drug-likeness (QED) is 0.292. The fourth-order valence-corrected chi connectivity index (χ4v) is 2.63. The molecule has 4 N–H and O–H groups in total. The standard InChI is InChI=1S/C14H26N3O4P/c1-10(14(20)21-2)16-13(19)11(9-22(3)4)17-12(18)7-5-6-8-15/h10-11H,3,5-9,15H2,1-2,4H3,(H-,16,17,18,19)/p+1. The Morgan fingerprint density at radius 1 is 1.27 bits per heavy atom. The second-order valence-corrected chi connectivity index (χ2v) is 7.24. The molecule has 0 radical (unpaired) electrons. The van der Waals surface area contributed by atoms with Crippen LogP contribution in [0.3, 0.4) is 0 Å². The van der Waals surface area contributed by atoms with Crippen LogP contribution in [-0.2, 0) is 19.1 Å². The van der Waals surface area contributed by atoms with Crippen LogP contribution >= 0.6 is 7.55 Å². The number of esters is 1. The Morgan fingerprint density at radius 3 is 2.41 bits per heavy atom. The maximum Gasteiger partial charge on any atom is 0.328 e. The normalized spacial score (nSPS) is 13.7. The minimum absolute atomic E-state index is 0.198. The summed E-state index contributed by atoms with van der Waals surface area (Å²) in [4.78, 5) is 35.4. The molecule has 0 aliphatic heterocycles. The van der Waals surface area contributed by atoms with Gasteiger partial charge in [-0.15, -0.1) is 0 Å². The summed E-state index contributed by atoms with van der Waals surface area (Å²) in [6.07, 6.45) is 6.13. The summed E-state index contributed by atoms with van der Waals surface area (Å²) in [6.45, 7) is 3.98. The number of carbonyl (C=O) groups excluding carboxylic acids is 3. The van der Waals surface area contributed by atoms with E-state index in [0.29, 0.717) is 25.5 Å². The molecule has 0 bridgehead atoms. The minimum Gasteiger partial charge on any atom is -0.467 e. The highest BCUT2D eigenvalue weighted by molar-refractivity contribution is 7.55. The van der Waals surface area contributed by atoms with E-state index in [1.807, 2.05) is 6.66 Å². The van der Waals surface area contributed by atoms with Gasteiger partial charge in [-0.1, -0.05) is 0 Å². The first-order chi connectivity index (χ1) is 10.3. The third-order valence-electron chi connectivity index (χ3n) is 2.92. The van der Waals surface area contributed by atoms with Gasteiger partial charge in [0.1, 0.15) is 18.2 Å². The zero-order valence-electron chi connectivity index (χ0n) is 13.6. The van der Waals surface area contributed by atoms with Crippen LogP contribution in [0.1, 0.15) is 26.2 Å². The number of hydrogen-bond donors (Lipinski definition) is 3. The molecule has 2 amide bonds. The van der Waals surface area contributed by atoms with Gasteiger partial charge >= 0.3 is 5.97 Å². The third kappa shape index (κ3) is 8.74. The van der Waals surface area contributed by atoms with Crippen molar-refractivity contribution >= 4 is 31.6 Å². The predicted octanol–water partition coefficient (Wildman–Crippen LogP) is -0.178. The number of nitrogens with two attached hydrogens (primary N) is 1. The summed E-state index contributed by atoms with van der Waals surface area (Å²) in [5, 5.41) is 5.24. The van der Waals surface area contributed by atoms with Gasteiger partial charge in [-0.2, -0.15) is 0 Å². The van der Waals surface area contributed by atoms with Crippen LogP contribution in [0.25, 0.3) is 0 Å². The molecule has 0 rings (SSSR count). The van der Waals surface area contributed by atoms with Crippen LogP contribution in [0.15, 0.2) is 0 Å². The van der Waals surface area contributed by atoms with E-state index in [1.165, 1.54) is 14.0 Å². The molecule has 7 nitrogen and oxygen atoms in total. The molecular weight excluding hydrogens is 305 g/mol. The highest BCUT2D eigenvalue weighted by atomic mass is 31.1. The summed E-state index contributed by atoms with van der Waals surface area (Å²) in [5.74, 6) is -1.13. The molecule has 0 aromatic rings. The van der Waals surface area contributed by atoms with E-state index in [1.54, 1.807) is 0 Å². The van der Waals surface area contributed by atoms with Crippen LogP contribution in [0.2, 0.25) is 0 Å². The minimum atomic E-state index is -0.762. The van der Waals surface area contributed by atoms with Gasteiger partial charge in [0.25, 0.3) is 0 Å². The molecule has 0 saturated heterocycles. The summed E-state index contributed by atoms with van der Waals surface area (Å²) in [5.41, 5.74) is 5.38. The third-order valence-corrected chi connectivity index (χ3v) is 3.91. The Hall–Kier alpha value is -1.46. The molecule has 8 heteroatoms. The smallest absolute Gasteiger partial charge is 0.328 e. The van der Waals surface area contributed by atoms with E-state index in [2.05, 4.69) is 21.7 Å². The van der Waals surface area contributed by atoms with E-state index >= 15 is 0 Å². The van der Waals surface area contributed by atoms with E-state index in [9.17, 15) is 14.4 Å². The number of hydrogen-bond acceptors (Lipinski definition) is 5. The summed E-state index contributed by atoms with van der Waals surface area (Å²) in [7, 11) is 0.628. The number of rotatable bonds is 10. The van der Waals surface area contributed by atoms with Crippen LogP contribution in [0.4, 0.5) is 0 Å². The molecular formula is C14H27N3O4P+. The second-order valence-electron chi connectivity index (χ2n) is 5.16. The molecule has 0 fully saturated rings. The van der Waals surface area contributed by atoms with Gasteiger partial charge in [-0.05, 0) is 26.3 Å². The van der Waals surface area contributed by atoms with Crippen LogP contribution < -0.4 is 16.4 Å². The Morgan fingerprint density at radius 2 is 1.91 bits per heavy atom. The molecule has 126 valence electrons. The fraction of sp³-hybridized carbons (Fsp3) is 0.714. The van der Waals surface area contributed by atoms with E-state index in [0.717, 1.165) is 6.42 Å². The fourth-order valence-electron chi connectivity index (χ4n) is 1.75. The molecule has 3 atom stereocenters. The largest absolute Gasteiger partial charge is 0.467 e. The maximum atomic E-state index is 12.2. The first kappa shape index (κ1) is 20.5. The molecule has 0 aliphatic carbocycles. The zero-order chi connectivity index (χ0) is 17.1. The van der Waals surface area contributed by atoms with Crippen molar-refractivity contribution < 1.29 is 19.1 Å². The van der Waals surface area contributed by atoms with Crippen molar-refractivity contribution in [3.05, 3.63) is 0 Å². The lowest BCUT2D eigenvalue weighted by atomic mass is 10.2. The highest BCUT2D eigenvalue weighted by Crippen LogP contribution is 2.14. The summed E-state index contributed by atoms with van der Waals surface area (Å²) >= 11 is 0.